The molecule has 0 aliphatic rings. The summed E-state index contributed by atoms with van der Waals surface area (Å²) in [5.74, 6) is -0.687. The third-order valence-electron chi connectivity index (χ3n) is 1.53. The van der Waals surface area contributed by atoms with Gasteiger partial charge in [-0.15, -0.1) is 0 Å². The number of halogens is 1. The molecule has 1 aromatic rings. The second-order valence-electron chi connectivity index (χ2n) is 2.47. The monoisotopic (exact) mass is 274 g/mol. The van der Waals surface area contributed by atoms with Crippen LogP contribution in [0.4, 0.5) is 5.69 Å². The fourth-order valence-electron chi connectivity index (χ4n) is 0.916. The van der Waals surface area contributed by atoms with Crippen LogP contribution in [0, 0.1) is 10.1 Å². The van der Waals surface area contributed by atoms with Gasteiger partial charge in [-0.25, -0.2) is 9.78 Å². The van der Waals surface area contributed by atoms with E-state index in [1.54, 1.807) is 6.92 Å². The van der Waals surface area contributed by atoms with Gasteiger partial charge in [0.2, 0.25) is 0 Å². The van der Waals surface area contributed by atoms with Crippen LogP contribution >= 0.6 is 15.9 Å². The Balaban J connectivity index is 3.15. The highest BCUT2D eigenvalue weighted by molar-refractivity contribution is 9.10. The van der Waals surface area contributed by atoms with E-state index in [1.165, 1.54) is 12.3 Å². The molecule has 0 bridgehead atoms. The lowest BCUT2D eigenvalue weighted by Crippen LogP contribution is -2.08. The summed E-state index contributed by atoms with van der Waals surface area (Å²) in [4.78, 5) is 25.0. The fraction of sp³-hybridized carbons (Fsp3) is 0.250. The molecule has 0 fully saturated rings. The lowest BCUT2D eigenvalue weighted by molar-refractivity contribution is -0.385. The molecule has 0 radical (unpaired) electrons. The first-order chi connectivity index (χ1) is 7.07. The van der Waals surface area contributed by atoms with Gasteiger partial charge in [0.15, 0.2) is 5.69 Å². The van der Waals surface area contributed by atoms with E-state index >= 15 is 0 Å². The molecule has 6 nitrogen and oxygen atoms in total. The maximum absolute atomic E-state index is 11.3. The molecule has 0 amide bonds. The Morgan fingerprint density at radius 3 is 2.93 bits per heavy atom. The summed E-state index contributed by atoms with van der Waals surface area (Å²) in [7, 11) is 0. The molecule has 0 spiro atoms. The van der Waals surface area contributed by atoms with Crippen LogP contribution in [0.3, 0.4) is 0 Å². The number of carbonyl (C=O) groups excluding carboxylic acids is 1. The van der Waals surface area contributed by atoms with Crippen LogP contribution in [-0.4, -0.2) is 22.5 Å². The summed E-state index contributed by atoms with van der Waals surface area (Å²) >= 11 is 2.95. The highest BCUT2D eigenvalue weighted by Crippen LogP contribution is 2.26. The molecule has 0 aliphatic heterocycles. The molecule has 7 heteroatoms. The van der Waals surface area contributed by atoms with Crippen molar-refractivity contribution in [1.82, 2.24) is 4.98 Å². The summed E-state index contributed by atoms with van der Waals surface area (Å²) in [6, 6.07) is 1.20. The van der Waals surface area contributed by atoms with E-state index in [-0.39, 0.29) is 22.5 Å². The van der Waals surface area contributed by atoms with Crippen LogP contribution < -0.4 is 0 Å². The SMILES string of the molecule is CCOC(=O)c1nccc([N+](=O)[O-])c1Br. The molecular weight excluding hydrogens is 268 g/mol. The first-order valence-corrected chi connectivity index (χ1v) is 4.83. The van der Waals surface area contributed by atoms with E-state index in [0.717, 1.165) is 0 Å². The average Bonchev–Trinajstić information content (AvgIpc) is 2.17. The minimum absolute atomic E-state index is 0.0356. The largest absolute Gasteiger partial charge is 0.461 e. The van der Waals surface area contributed by atoms with Gasteiger partial charge >= 0.3 is 5.97 Å². The minimum Gasteiger partial charge on any atom is -0.461 e. The van der Waals surface area contributed by atoms with Crippen molar-refractivity contribution in [2.75, 3.05) is 6.61 Å². The van der Waals surface area contributed by atoms with Gasteiger partial charge in [-0.2, -0.15) is 0 Å². The van der Waals surface area contributed by atoms with Crippen LogP contribution in [-0.2, 0) is 4.74 Å². The number of hydrogen-bond acceptors (Lipinski definition) is 5. The van der Waals surface area contributed by atoms with Gasteiger partial charge in [0.05, 0.1) is 11.5 Å². The zero-order valence-electron chi connectivity index (χ0n) is 7.77. The number of nitrogens with zero attached hydrogens (tertiary/aromatic N) is 2. The van der Waals surface area contributed by atoms with Crippen LogP contribution in [0.2, 0.25) is 0 Å². The quantitative estimate of drug-likeness (QED) is 0.478. The number of hydrogen-bond donors (Lipinski definition) is 0. The first-order valence-electron chi connectivity index (χ1n) is 4.04. The molecule has 0 aliphatic carbocycles. The van der Waals surface area contributed by atoms with E-state index < -0.39 is 10.9 Å². The van der Waals surface area contributed by atoms with Gasteiger partial charge in [0, 0.05) is 12.3 Å². The Morgan fingerprint density at radius 2 is 2.40 bits per heavy atom. The highest BCUT2D eigenvalue weighted by atomic mass is 79.9. The second kappa shape index (κ2) is 4.83. The Morgan fingerprint density at radius 1 is 1.73 bits per heavy atom. The van der Waals surface area contributed by atoms with Gasteiger partial charge in [-0.05, 0) is 22.9 Å². The smallest absolute Gasteiger partial charge is 0.358 e. The zero-order chi connectivity index (χ0) is 11.4. The molecule has 1 heterocycles. The van der Waals surface area contributed by atoms with Crippen LogP contribution in [0.15, 0.2) is 16.7 Å². The van der Waals surface area contributed by atoms with Crippen molar-refractivity contribution in [3.05, 3.63) is 32.5 Å². The molecule has 0 aromatic carbocycles. The van der Waals surface area contributed by atoms with Gasteiger partial charge in [-0.3, -0.25) is 10.1 Å². The zero-order valence-corrected chi connectivity index (χ0v) is 9.35. The lowest BCUT2D eigenvalue weighted by atomic mass is 10.3. The number of carbonyl (C=O) groups is 1. The van der Waals surface area contributed by atoms with E-state index in [1.807, 2.05) is 0 Å². The number of pyridine rings is 1. The number of aromatic nitrogens is 1. The van der Waals surface area contributed by atoms with Crippen molar-refractivity contribution in [1.29, 1.82) is 0 Å². The van der Waals surface area contributed by atoms with E-state index in [9.17, 15) is 14.9 Å². The van der Waals surface area contributed by atoms with E-state index in [2.05, 4.69) is 25.7 Å². The molecular formula is C8H7BrN2O4. The number of rotatable bonds is 3. The predicted octanol–water partition coefficient (Wildman–Crippen LogP) is 1.93. The van der Waals surface area contributed by atoms with Gasteiger partial charge in [-0.1, -0.05) is 0 Å². The summed E-state index contributed by atoms with van der Waals surface area (Å²) in [6.45, 7) is 1.83. The van der Waals surface area contributed by atoms with Crippen LogP contribution in [0.25, 0.3) is 0 Å². The van der Waals surface area contributed by atoms with Crippen molar-refractivity contribution in [2.24, 2.45) is 0 Å². The Hall–Kier alpha value is -1.50. The highest BCUT2D eigenvalue weighted by Gasteiger charge is 2.21. The number of ether oxygens (including phenoxy) is 1. The molecule has 1 rings (SSSR count). The van der Waals surface area contributed by atoms with Crippen molar-refractivity contribution >= 4 is 27.6 Å². The van der Waals surface area contributed by atoms with Crippen molar-refractivity contribution < 1.29 is 14.5 Å². The van der Waals surface area contributed by atoms with Crippen molar-refractivity contribution in [2.45, 2.75) is 6.92 Å². The second-order valence-corrected chi connectivity index (χ2v) is 3.26. The molecule has 80 valence electrons. The Kier molecular flexibility index (Phi) is 3.73. The molecule has 0 saturated heterocycles. The molecule has 0 unspecified atom stereocenters. The number of nitro groups is 1. The summed E-state index contributed by atoms with van der Waals surface area (Å²) in [5, 5.41) is 10.6. The molecule has 0 atom stereocenters. The fourth-order valence-corrected chi connectivity index (χ4v) is 1.46. The van der Waals surface area contributed by atoms with Crippen LogP contribution in [0.5, 0.6) is 0 Å². The van der Waals surface area contributed by atoms with Crippen molar-refractivity contribution in [3.8, 4) is 0 Å². The normalized spacial score (nSPS) is 9.73. The standard InChI is InChI=1S/C8H7BrN2O4/c1-2-15-8(12)7-6(9)5(11(13)14)3-4-10-7/h3-4H,2H2,1H3. The van der Waals surface area contributed by atoms with Crippen molar-refractivity contribution in [3.63, 3.8) is 0 Å². The van der Waals surface area contributed by atoms with Gasteiger partial charge in [0.1, 0.15) is 4.47 Å². The van der Waals surface area contributed by atoms with E-state index in [0.29, 0.717) is 0 Å². The van der Waals surface area contributed by atoms with Gasteiger partial charge < -0.3 is 4.74 Å². The van der Waals surface area contributed by atoms with Crippen LogP contribution in [0.1, 0.15) is 17.4 Å². The Bertz CT molecular complexity index is 408. The number of esters is 1. The third-order valence-corrected chi connectivity index (χ3v) is 2.32. The maximum Gasteiger partial charge on any atom is 0.358 e. The van der Waals surface area contributed by atoms with Gasteiger partial charge in [0.25, 0.3) is 5.69 Å². The lowest BCUT2D eigenvalue weighted by Gasteiger charge is -2.02. The van der Waals surface area contributed by atoms with E-state index in [4.69, 9.17) is 0 Å². The summed E-state index contributed by atoms with van der Waals surface area (Å²) in [5.41, 5.74) is -0.306. The summed E-state index contributed by atoms with van der Waals surface area (Å²) < 4.78 is 4.73. The first kappa shape index (κ1) is 11.6. The Labute approximate surface area is 93.5 Å². The minimum atomic E-state index is -0.687. The topological polar surface area (TPSA) is 82.3 Å². The molecule has 15 heavy (non-hydrogen) atoms. The molecule has 1 aromatic heterocycles. The third kappa shape index (κ3) is 2.50. The predicted molar refractivity (Wildman–Crippen MR) is 54.5 cm³/mol. The molecule has 0 saturated carbocycles. The summed E-state index contributed by atoms with van der Waals surface area (Å²) in [6.07, 6.45) is 1.19. The maximum atomic E-state index is 11.3. The molecule has 0 N–H and O–H groups in total. The average molecular weight is 275 g/mol.